The van der Waals surface area contributed by atoms with Crippen molar-refractivity contribution >= 4 is 28.0 Å². The first kappa shape index (κ1) is 10.6. The minimum Gasteiger partial charge on any atom is -0.453 e. The maximum Gasteiger partial charge on any atom is 0.407 e. The number of nitrogens with zero attached hydrogens (tertiary/aromatic N) is 2. The second kappa shape index (κ2) is 4.02. The van der Waals surface area contributed by atoms with Crippen LogP contribution < -0.4 is 5.32 Å². The Bertz CT molecular complexity index is 666. The summed E-state index contributed by atoms with van der Waals surface area (Å²) < 4.78 is 4.48. The summed E-state index contributed by atoms with van der Waals surface area (Å²) in [5.41, 5.74) is 2.56. The lowest BCUT2D eigenvalue weighted by atomic mass is 10.2. The second-order valence-corrected chi connectivity index (χ2v) is 3.83. The summed E-state index contributed by atoms with van der Waals surface area (Å²) >= 11 is 0. The van der Waals surface area contributed by atoms with Crippen LogP contribution in [0.25, 0.3) is 21.9 Å². The number of alkyl carbamates (subject to hydrolysis) is 1. The molecule has 0 atom stereocenters. The van der Waals surface area contributed by atoms with Gasteiger partial charge < -0.3 is 20.3 Å². The minimum absolute atomic E-state index is 0.251. The van der Waals surface area contributed by atoms with Gasteiger partial charge in [-0.05, 0) is 12.1 Å². The fourth-order valence-electron chi connectivity index (χ4n) is 1.80. The van der Waals surface area contributed by atoms with Crippen LogP contribution in [0.1, 0.15) is 5.82 Å². The molecule has 2 aromatic heterocycles. The maximum absolute atomic E-state index is 11.0. The molecule has 7 nitrogen and oxygen atoms in total. The van der Waals surface area contributed by atoms with Crippen molar-refractivity contribution in [2.75, 3.05) is 7.11 Å². The number of amides is 1. The Morgan fingerprint density at radius 1 is 1.39 bits per heavy atom. The molecule has 0 spiro atoms. The van der Waals surface area contributed by atoms with Crippen molar-refractivity contribution in [1.82, 2.24) is 25.5 Å². The fourth-order valence-corrected chi connectivity index (χ4v) is 1.80. The van der Waals surface area contributed by atoms with Gasteiger partial charge in [0.05, 0.1) is 30.2 Å². The molecule has 2 heterocycles. The van der Waals surface area contributed by atoms with Crippen LogP contribution in [0.3, 0.4) is 0 Å². The van der Waals surface area contributed by atoms with Gasteiger partial charge in [0.2, 0.25) is 0 Å². The Morgan fingerprint density at radius 2 is 2.17 bits per heavy atom. The molecule has 7 heteroatoms. The van der Waals surface area contributed by atoms with Gasteiger partial charge in [-0.15, -0.1) is 0 Å². The highest BCUT2D eigenvalue weighted by molar-refractivity contribution is 5.92. The third kappa shape index (κ3) is 1.75. The zero-order chi connectivity index (χ0) is 12.5. The molecule has 0 aliphatic heterocycles. The molecule has 1 amide bonds. The van der Waals surface area contributed by atoms with Gasteiger partial charge in [-0.3, -0.25) is 0 Å². The van der Waals surface area contributed by atoms with Gasteiger partial charge in [0.1, 0.15) is 5.82 Å². The van der Waals surface area contributed by atoms with Crippen molar-refractivity contribution in [3.05, 3.63) is 24.2 Å². The third-order valence-electron chi connectivity index (χ3n) is 2.66. The number of carbonyl (C=O) groups excluding carboxylic acids is 1. The van der Waals surface area contributed by atoms with Crippen LogP contribution in [-0.4, -0.2) is 33.4 Å². The quantitative estimate of drug-likeness (QED) is 0.634. The van der Waals surface area contributed by atoms with E-state index in [4.69, 9.17) is 0 Å². The van der Waals surface area contributed by atoms with Crippen LogP contribution in [0.15, 0.2) is 18.3 Å². The first-order valence-electron chi connectivity index (χ1n) is 5.40. The number of rotatable bonds is 2. The molecule has 0 aliphatic carbocycles. The number of methoxy groups -OCH3 is 1. The molecule has 3 rings (SSSR count). The number of ether oxygens (including phenoxy) is 1. The number of hydrogen-bond acceptors (Lipinski definition) is 4. The van der Waals surface area contributed by atoms with Crippen LogP contribution in [0.4, 0.5) is 4.79 Å². The summed E-state index contributed by atoms with van der Waals surface area (Å²) in [5.74, 6) is 0.562. The molecule has 0 aliphatic rings. The van der Waals surface area contributed by atoms with Crippen molar-refractivity contribution in [3.63, 3.8) is 0 Å². The van der Waals surface area contributed by atoms with E-state index in [1.807, 2.05) is 18.3 Å². The summed E-state index contributed by atoms with van der Waals surface area (Å²) in [5, 5.41) is 9.49. The number of nitrogens with one attached hydrogen (secondary N) is 3. The number of fused-ring (bicyclic) bond motifs is 2. The van der Waals surface area contributed by atoms with E-state index in [-0.39, 0.29) is 6.54 Å². The molecule has 1 aromatic carbocycles. The van der Waals surface area contributed by atoms with E-state index >= 15 is 0 Å². The van der Waals surface area contributed by atoms with E-state index in [2.05, 4.69) is 30.2 Å². The topological polar surface area (TPSA) is 95.7 Å². The third-order valence-corrected chi connectivity index (χ3v) is 2.66. The molecule has 3 N–H and O–H groups in total. The predicted octanol–water partition coefficient (Wildman–Crippen LogP) is 1.30. The molecule has 0 radical (unpaired) electrons. The number of H-pyrrole nitrogens is 2. The van der Waals surface area contributed by atoms with Gasteiger partial charge in [-0.25, -0.2) is 14.8 Å². The van der Waals surface area contributed by atoms with E-state index in [1.54, 1.807) is 0 Å². The summed E-state index contributed by atoms with van der Waals surface area (Å²) in [6.07, 6.45) is 1.36. The van der Waals surface area contributed by atoms with Crippen molar-refractivity contribution in [3.8, 4) is 0 Å². The second-order valence-electron chi connectivity index (χ2n) is 3.83. The largest absolute Gasteiger partial charge is 0.453 e. The van der Waals surface area contributed by atoms with Crippen molar-refractivity contribution in [2.24, 2.45) is 0 Å². The van der Waals surface area contributed by atoms with Crippen LogP contribution in [0, 0.1) is 0 Å². The lowest BCUT2D eigenvalue weighted by molar-refractivity contribution is 0.170. The van der Waals surface area contributed by atoms with Crippen molar-refractivity contribution < 1.29 is 9.53 Å². The highest BCUT2D eigenvalue weighted by Gasteiger charge is 2.08. The molecule has 0 saturated carbocycles. The minimum atomic E-state index is -0.495. The lowest BCUT2D eigenvalue weighted by Gasteiger charge is -1.98. The number of carbonyl (C=O) groups is 1. The normalized spacial score (nSPS) is 10.9. The molecule has 0 bridgehead atoms. The highest BCUT2D eigenvalue weighted by Crippen LogP contribution is 2.19. The van der Waals surface area contributed by atoms with Gasteiger partial charge in [0.15, 0.2) is 0 Å². The summed E-state index contributed by atoms with van der Waals surface area (Å²) in [6, 6.07) is 3.85. The van der Waals surface area contributed by atoms with Crippen LogP contribution in [0.2, 0.25) is 0 Å². The Labute approximate surface area is 102 Å². The standard InChI is InChI=1S/C11H11N5O2/c1-18-11(17)12-5-10-14-8-2-6-4-13-16-7(6)3-9(8)15-10/h2-4,13,16H,5H2,1H3,(H,12,17). The zero-order valence-electron chi connectivity index (χ0n) is 9.65. The summed E-state index contributed by atoms with van der Waals surface area (Å²) in [7, 11) is 1.32. The number of benzene rings is 1. The molecule has 0 saturated heterocycles. The number of imidazole rings is 1. The van der Waals surface area contributed by atoms with Crippen LogP contribution in [-0.2, 0) is 11.3 Å². The van der Waals surface area contributed by atoms with Crippen LogP contribution in [0.5, 0.6) is 0 Å². The van der Waals surface area contributed by atoms with E-state index in [1.165, 1.54) is 7.11 Å². The van der Waals surface area contributed by atoms with E-state index < -0.39 is 6.09 Å². The lowest BCUT2D eigenvalue weighted by Crippen LogP contribution is -2.22. The summed E-state index contributed by atoms with van der Waals surface area (Å²) in [6.45, 7) is 0.251. The average Bonchev–Trinajstić information content (AvgIpc) is 2.97. The molecular formula is C11H11N5O2. The fraction of sp³-hybridized carbons (Fsp3) is 0.182. The van der Waals surface area contributed by atoms with Crippen LogP contribution >= 0.6 is 0 Å². The number of aromatic nitrogens is 4. The molecule has 18 heavy (non-hydrogen) atoms. The molecule has 92 valence electrons. The van der Waals surface area contributed by atoms with Crippen molar-refractivity contribution in [2.45, 2.75) is 6.54 Å². The Morgan fingerprint density at radius 3 is 2.94 bits per heavy atom. The number of aromatic amines is 2. The van der Waals surface area contributed by atoms with E-state index in [0.29, 0.717) is 5.82 Å². The predicted molar refractivity (Wildman–Crippen MR) is 65.0 cm³/mol. The smallest absolute Gasteiger partial charge is 0.407 e. The van der Waals surface area contributed by atoms with E-state index in [0.717, 1.165) is 21.9 Å². The first-order chi connectivity index (χ1) is 8.76. The van der Waals surface area contributed by atoms with Gasteiger partial charge in [-0.1, -0.05) is 0 Å². The molecule has 0 unspecified atom stereocenters. The Balaban J connectivity index is 1.92. The number of hydrogen-bond donors (Lipinski definition) is 3. The molecular weight excluding hydrogens is 234 g/mol. The van der Waals surface area contributed by atoms with Gasteiger partial charge in [0.25, 0.3) is 0 Å². The Kier molecular flexibility index (Phi) is 2.36. The van der Waals surface area contributed by atoms with E-state index in [9.17, 15) is 4.79 Å². The SMILES string of the molecule is COC(=O)NCc1nc2cc3c[nH][nH]c3cc2n1. The molecule has 3 aromatic rings. The van der Waals surface area contributed by atoms with Gasteiger partial charge in [-0.2, -0.15) is 0 Å². The Hall–Kier alpha value is -2.57. The monoisotopic (exact) mass is 245 g/mol. The zero-order valence-corrected chi connectivity index (χ0v) is 9.65. The van der Waals surface area contributed by atoms with Gasteiger partial charge >= 0.3 is 6.09 Å². The summed E-state index contributed by atoms with van der Waals surface area (Å²) in [4.78, 5) is 19.6. The average molecular weight is 245 g/mol. The van der Waals surface area contributed by atoms with Gasteiger partial charge in [0, 0.05) is 11.6 Å². The maximum atomic E-state index is 11.0. The first-order valence-corrected chi connectivity index (χ1v) is 5.40. The van der Waals surface area contributed by atoms with Crippen molar-refractivity contribution in [1.29, 1.82) is 0 Å². The highest BCUT2D eigenvalue weighted by atomic mass is 16.5. The molecule has 0 fully saturated rings.